The first-order valence-electron chi connectivity index (χ1n) is 6.04. The lowest BCUT2D eigenvalue weighted by Crippen LogP contribution is -2.16. The van der Waals surface area contributed by atoms with Crippen LogP contribution in [-0.2, 0) is 0 Å². The number of rotatable bonds is 3. The third kappa shape index (κ3) is 3.04. The molecule has 0 aliphatic rings. The van der Waals surface area contributed by atoms with Crippen molar-refractivity contribution in [3.63, 3.8) is 0 Å². The van der Waals surface area contributed by atoms with Crippen LogP contribution in [0.25, 0.3) is 0 Å². The number of pyridine rings is 1. The van der Waals surface area contributed by atoms with Crippen LogP contribution in [0.1, 0.15) is 32.1 Å². The second-order valence-corrected chi connectivity index (χ2v) is 4.25. The molecule has 1 aromatic carbocycles. The van der Waals surface area contributed by atoms with Crippen LogP contribution in [0.4, 0.5) is 5.69 Å². The summed E-state index contributed by atoms with van der Waals surface area (Å²) in [7, 11) is 0. The molecule has 0 spiro atoms. The molecular weight excluding hydrogens is 270 g/mol. The second kappa shape index (κ2) is 5.84. The Balaban J connectivity index is 2.27. The van der Waals surface area contributed by atoms with Gasteiger partial charge in [0, 0.05) is 0 Å². The average molecular weight is 281 g/mol. The minimum Gasteiger partial charge on any atom is -0.478 e. The maximum atomic E-state index is 12.1. The van der Waals surface area contributed by atoms with Gasteiger partial charge < -0.3 is 10.4 Å². The molecule has 2 aromatic rings. The number of hydrogen-bond acceptors (Lipinski definition) is 4. The van der Waals surface area contributed by atoms with Gasteiger partial charge in [-0.3, -0.25) is 4.79 Å². The highest BCUT2D eigenvalue weighted by molar-refractivity contribution is 6.04. The number of nitrogens with zero attached hydrogens (tertiary/aromatic N) is 2. The van der Waals surface area contributed by atoms with E-state index < -0.39 is 11.9 Å². The number of carbonyl (C=O) groups excluding carboxylic acids is 1. The van der Waals surface area contributed by atoms with Crippen molar-refractivity contribution >= 4 is 17.6 Å². The molecule has 2 rings (SSSR count). The number of carboxylic acid groups (broad SMARTS) is 1. The number of carbonyl (C=O) groups is 2. The van der Waals surface area contributed by atoms with E-state index in [1.165, 1.54) is 19.1 Å². The van der Waals surface area contributed by atoms with E-state index in [1.807, 2.05) is 6.07 Å². The number of para-hydroxylation sites is 1. The molecule has 0 aliphatic heterocycles. The largest absolute Gasteiger partial charge is 0.478 e. The molecule has 0 bridgehead atoms. The number of hydrogen-bond donors (Lipinski definition) is 2. The van der Waals surface area contributed by atoms with Crippen LogP contribution in [0, 0.1) is 18.3 Å². The monoisotopic (exact) mass is 281 g/mol. The van der Waals surface area contributed by atoms with Gasteiger partial charge in [0.15, 0.2) is 0 Å². The highest BCUT2D eigenvalue weighted by Crippen LogP contribution is 2.15. The Morgan fingerprint density at radius 2 is 1.95 bits per heavy atom. The maximum Gasteiger partial charge on any atom is 0.337 e. The zero-order valence-electron chi connectivity index (χ0n) is 11.1. The van der Waals surface area contributed by atoms with Gasteiger partial charge in [0.2, 0.25) is 0 Å². The first-order valence-corrected chi connectivity index (χ1v) is 6.04. The summed E-state index contributed by atoms with van der Waals surface area (Å²) < 4.78 is 0. The molecule has 0 radical (unpaired) electrons. The van der Waals surface area contributed by atoms with E-state index in [1.54, 1.807) is 24.3 Å². The molecule has 6 nitrogen and oxygen atoms in total. The highest BCUT2D eigenvalue weighted by Gasteiger charge is 2.14. The normalized spacial score (nSPS) is 9.71. The zero-order valence-corrected chi connectivity index (χ0v) is 11.1. The number of aromatic nitrogens is 1. The summed E-state index contributed by atoms with van der Waals surface area (Å²) in [6.45, 7) is 1.52. The number of nitriles is 1. The maximum absolute atomic E-state index is 12.1. The van der Waals surface area contributed by atoms with E-state index in [0.717, 1.165) is 0 Å². The smallest absolute Gasteiger partial charge is 0.337 e. The van der Waals surface area contributed by atoms with Crippen molar-refractivity contribution in [1.82, 2.24) is 4.98 Å². The van der Waals surface area contributed by atoms with Crippen molar-refractivity contribution in [3.05, 3.63) is 58.9 Å². The predicted molar refractivity (Wildman–Crippen MR) is 75.0 cm³/mol. The van der Waals surface area contributed by atoms with E-state index >= 15 is 0 Å². The first-order chi connectivity index (χ1) is 10.0. The fraction of sp³-hybridized carbons (Fsp3) is 0.0667. The molecule has 2 N–H and O–H groups in total. The summed E-state index contributed by atoms with van der Waals surface area (Å²) in [6, 6.07) is 11.2. The molecule has 0 fully saturated rings. The molecule has 0 saturated heterocycles. The molecule has 1 amide bonds. The predicted octanol–water partition coefficient (Wildman–Crippen LogP) is 2.21. The van der Waals surface area contributed by atoms with E-state index in [4.69, 9.17) is 10.4 Å². The average Bonchev–Trinajstić information content (AvgIpc) is 2.47. The first kappa shape index (κ1) is 14.2. The Morgan fingerprint density at radius 3 is 2.57 bits per heavy atom. The number of anilines is 1. The Morgan fingerprint density at radius 1 is 1.24 bits per heavy atom. The van der Waals surface area contributed by atoms with Gasteiger partial charge in [0.1, 0.15) is 11.8 Å². The number of benzene rings is 1. The van der Waals surface area contributed by atoms with Gasteiger partial charge in [-0.1, -0.05) is 12.1 Å². The number of aromatic carboxylic acids is 1. The summed E-state index contributed by atoms with van der Waals surface area (Å²) in [5, 5.41) is 20.5. The standard InChI is InChI=1S/C15H11N3O3/c1-9-11(15(20)21)6-7-13(17-9)14(19)18-12-5-3-2-4-10(12)8-16/h2-7H,1H3,(H,18,19)(H,20,21). The van der Waals surface area contributed by atoms with Crippen molar-refractivity contribution in [2.24, 2.45) is 0 Å². The summed E-state index contributed by atoms with van der Waals surface area (Å²) in [4.78, 5) is 27.0. The van der Waals surface area contributed by atoms with E-state index in [0.29, 0.717) is 11.3 Å². The van der Waals surface area contributed by atoms with Crippen LogP contribution in [0.15, 0.2) is 36.4 Å². The van der Waals surface area contributed by atoms with Crippen LogP contribution >= 0.6 is 0 Å². The Kier molecular flexibility index (Phi) is 3.95. The van der Waals surface area contributed by atoms with Gasteiger partial charge in [0.25, 0.3) is 5.91 Å². The Hall–Kier alpha value is -3.20. The fourth-order valence-electron chi connectivity index (χ4n) is 1.79. The minimum atomic E-state index is -1.10. The summed E-state index contributed by atoms with van der Waals surface area (Å²) >= 11 is 0. The van der Waals surface area contributed by atoms with Crippen LogP contribution in [-0.4, -0.2) is 22.0 Å². The van der Waals surface area contributed by atoms with Crippen LogP contribution in [0.3, 0.4) is 0 Å². The Bertz CT molecular complexity index is 763. The second-order valence-electron chi connectivity index (χ2n) is 4.25. The topological polar surface area (TPSA) is 103 Å². The summed E-state index contributed by atoms with van der Waals surface area (Å²) in [5.74, 6) is -1.60. The molecule has 6 heteroatoms. The van der Waals surface area contributed by atoms with Crippen molar-refractivity contribution in [2.45, 2.75) is 6.92 Å². The molecule has 104 valence electrons. The van der Waals surface area contributed by atoms with Crippen molar-refractivity contribution in [3.8, 4) is 6.07 Å². The lowest BCUT2D eigenvalue weighted by Gasteiger charge is -2.07. The molecule has 1 aromatic heterocycles. The number of nitrogens with one attached hydrogen (secondary N) is 1. The van der Waals surface area contributed by atoms with E-state index in [-0.39, 0.29) is 17.0 Å². The number of aryl methyl sites for hydroxylation is 1. The lowest BCUT2D eigenvalue weighted by molar-refractivity contribution is 0.0695. The van der Waals surface area contributed by atoms with Gasteiger partial charge in [-0.2, -0.15) is 5.26 Å². The van der Waals surface area contributed by atoms with Gasteiger partial charge in [-0.25, -0.2) is 9.78 Å². The molecule has 0 atom stereocenters. The quantitative estimate of drug-likeness (QED) is 0.897. The highest BCUT2D eigenvalue weighted by atomic mass is 16.4. The molecule has 0 unspecified atom stereocenters. The van der Waals surface area contributed by atoms with Gasteiger partial charge >= 0.3 is 5.97 Å². The third-order valence-corrected chi connectivity index (χ3v) is 2.84. The number of amides is 1. The molecular formula is C15H11N3O3. The van der Waals surface area contributed by atoms with Crippen LogP contribution < -0.4 is 5.32 Å². The zero-order chi connectivity index (χ0) is 15.4. The van der Waals surface area contributed by atoms with E-state index in [9.17, 15) is 9.59 Å². The van der Waals surface area contributed by atoms with Crippen molar-refractivity contribution in [2.75, 3.05) is 5.32 Å². The minimum absolute atomic E-state index is 0.0453. The SMILES string of the molecule is Cc1nc(C(=O)Nc2ccccc2C#N)ccc1C(=O)O. The fourth-order valence-corrected chi connectivity index (χ4v) is 1.79. The summed E-state index contributed by atoms with van der Waals surface area (Å²) in [5.41, 5.74) is 1.11. The van der Waals surface area contributed by atoms with Crippen LogP contribution in [0.2, 0.25) is 0 Å². The van der Waals surface area contributed by atoms with Gasteiger partial charge in [-0.05, 0) is 31.2 Å². The summed E-state index contributed by atoms with van der Waals surface area (Å²) in [6.07, 6.45) is 0. The lowest BCUT2D eigenvalue weighted by atomic mass is 10.1. The van der Waals surface area contributed by atoms with E-state index in [2.05, 4.69) is 10.3 Å². The Labute approximate surface area is 120 Å². The van der Waals surface area contributed by atoms with Crippen LogP contribution in [0.5, 0.6) is 0 Å². The molecule has 21 heavy (non-hydrogen) atoms. The molecule has 0 aliphatic carbocycles. The number of carboxylic acids is 1. The van der Waals surface area contributed by atoms with Crippen molar-refractivity contribution < 1.29 is 14.7 Å². The van der Waals surface area contributed by atoms with Gasteiger partial charge in [0.05, 0.1) is 22.5 Å². The van der Waals surface area contributed by atoms with Gasteiger partial charge in [-0.15, -0.1) is 0 Å². The third-order valence-electron chi connectivity index (χ3n) is 2.84. The van der Waals surface area contributed by atoms with Crippen molar-refractivity contribution in [1.29, 1.82) is 5.26 Å². The molecule has 1 heterocycles. The molecule has 0 saturated carbocycles.